The number of nitrogen functional groups attached to an aromatic ring is 1. The van der Waals surface area contributed by atoms with Crippen molar-refractivity contribution in [2.75, 3.05) is 18.5 Å². The highest BCUT2D eigenvalue weighted by Crippen LogP contribution is 2.24. The SMILES string of the molecule is CC1CC(C)CN(Cc2cnc(NN)s2)C1. The Morgan fingerprint density at radius 3 is 2.75 bits per heavy atom. The number of piperidine rings is 1. The zero-order valence-corrected chi connectivity index (χ0v) is 10.8. The number of aromatic nitrogens is 1. The van der Waals surface area contributed by atoms with E-state index >= 15 is 0 Å². The van der Waals surface area contributed by atoms with Crippen LogP contribution < -0.4 is 11.3 Å². The predicted molar refractivity (Wildman–Crippen MR) is 68.1 cm³/mol. The first-order valence-electron chi connectivity index (χ1n) is 5.81. The number of hydrazine groups is 1. The van der Waals surface area contributed by atoms with Crippen LogP contribution in [0.15, 0.2) is 6.20 Å². The molecule has 0 spiro atoms. The summed E-state index contributed by atoms with van der Waals surface area (Å²) >= 11 is 1.64. The van der Waals surface area contributed by atoms with Crippen LogP contribution in [0, 0.1) is 11.8 Å². The molecule has 0 amide bonds. The molecule has 2 heterocycles. The van der Waals surface area contributed by atoms with Crippen molar-refractivity contribution in [2.45, 2.75) is 26.8 Å². The molecule has 1 aliphatic rings. The molecule has 1 fully saturated rings. The lowest BCUT2D eigenvalue weighted by Gasteiger charge is -2.34. The van der Waals surface area contributed by atoms with Crippen LogP contribution in [0.25, 0.3) is 0 Å². The van der Waals surface area contributed by atoms with Crippen LogP contribution in [-0.4, -0.2) is 23.0 Å². The summed E-state index contributed by atoms with van der Waals surface area (Å²) in [6.07, 6.45) is 3.28. The molecule has 5 heteroatoms. The quantitative estimate of drug-likeness (QED) is 0.626. The third kappa shape index (κ3) is 2.93. The van der Waals surface area contributed by atoms with Crippen LogP contribution in [0.3, 0.4) is 0 Å². The first-order chi connectivity index (χ1) is 7.67. The maximum absolute atomic E-state index is 5.32. The van der Waals surface area contributed by atoms with Gasteiger partial charge in [-0.2, -0.15) is 0 Å². The lowest BCUT2D eigenvalue weighted by molar-refractivity contribution is 0.135. The third-order valence-corrected chi connectivity index (χ3v) is 3.91. The zero-order chi connectivity index (χ0) is 11.5. The fourth-order valence-corrected chi connectivity index (χ4v) is 3.35. The van der Waals surface area contributed by atoms with Gasteiger partial charge in [0.1, 0.15) is 0 Å². The van der Waals surface area contributed by atoms with Crippen molar-refractivity contribution in [3.8, 4) is 0 Å². The normalized spacial score (nSPS) is 26.9. The van der Waals surface area contributed by atoms with E-state index < -0.39 is 0 Å². The Labute approximate surface area is 101 Å². The van der Waals surface area contributed by atoms with E-state index in [-0.39, 0.29) is 0 Å². The van der Waals surface area contributed by atoms with Gasteiger partial charge in [-0.1, -0.05) is 25.2 Å². The number of hydrogen-bond donors (Lipinski definition) is 2. The lowest BCUT2D eigenvalue weighted by Crippen LogP contribution is -2.37. The first-order valence-corrected chi connectivity index (χ1v) is 6.62. The van der Waals surface area contributed by atoms with E-state index in [4.69, 9.17) is 5.84 Å². The molecule has 0 aliphatic carbocycles. The molecule has 2 unspecified atom stereocenters. The van der Waals surface area contributed by atoms with Crippen LogP contribution in [0.2, 0.25) is 0 Å². The van der Waals surface area contributed by atoms with Crippen LogP contribution in [0.1, 0.15) is 25.1 Å². The second-order valence-corrected chi connectivity index (χ2v) is 6.03. The largest absolute Gasteiger partial charge is 0.300 e. The summed E-state index contributed by atoms with van der Waals surface area (Å²) in [6, 6.07) is 0. The van der Waals surface area contributed by atoms with E-state index in [0.717, 1.165) is 23.5 Å². The van der Waals surface area contributed by atoms with Crippen molar-refractivity contribution in [2.24, 2.45) is 17.7 Å². The molecule has 0 aromatic carbocycles. The van der Waals surface area contributed by atoms with Crippen molar-refractivity contribution >= 4 is 16.5 Å². The fourth-order valence-electron chi connectivity index (χ4n) is 2.59. The molecule has 0 radical (unpaired) electrons. The molecule has 16 heavy (non-hydrogen) atoms. The first kappa shape index (κ1) is 11.8. The van der Waals surface area contributed by atoms with Crippen LogP contribution in [-0.2, 0) is 6.54 Å². The number of hydrogen-bond acceptors (Lipinski definition) is 5. The maximum Gasteiger partial charge on any atom is 0.197 e. The molecule has 1 saturated heterocycles. The van der Waals surface area contributed by atoms with Gasteiger partial charge in [-0.25, -0.2) is 10.8 Å². The molecule has 90 valence electrons. The number of likely N-dealkylation sites (tertiary alicyclic amines) is 1. The molecule has 0 saturated carbocycles. The van der Waals surface area contributed by atoms with Gasteiger partial charge in [0, 0.05) is 30.7 Å². The molecule has 1 aromatic rings. The van der Waals surface area contributed by atoms with Crippen molar-refractivity contribution in [1.82, 2.24) is 9.88 Å². The van der Waals surface area contributed by atoms with Crippen LogP contribution in [0.4, 0.5) is 5.13 Å². The lowest BCUT2D eigenvalue weighted by atomic mass is 9.92. The van der Waals surface area contributed by atoms with Gasteiger partial charge in [-0.05, 0) is 18.3 Å². The van der Waals surface area contributed by atoms with Crippen molar-refractivity contribution in [3.05, 3.63) is 11.1 Å². The topological polar surface area (TPSA) is 54.2 Å². The molecule has 2 rings (SSSR count). The van der Waals surface area contributed by atoms with E-state index in [2.05, 4.69) is 29.2 Å². The minimum Gasteiger partial charge on any atom is -0.300 e. The smallest absolute Gasteiger partial charge is 0.197 e. The fraction of sp³-hybridized carbons (Fsp3) is 0.727. The molecule has 2 atom stereocenters. The third-order valence-electron chi connectivity index (χ3n) is 3.00. The molecule has 3 N–H and O–H groups in total. The van der Waals surface area contributed by atoms with Crippen molar-refractivity contribution in [1.29, 1.82) is 0 Å². The van der Waals surface area contributed by atoms with Gasteiger partial charge in [0.05, 0.1) is 0 Å². The average molecular weight is 240 g/mol. The highest BCUT2D eigenvalue weighted by atomic mass is 32.1. The summed E-state index contributed by atoms with van der Waals surface area (Å²) in [4.78, 5) is 8.00. The molecule has 0 bridgehead atoms. The van der Waals surface area contributed by atoms with Gasteiger partial charge in [-0.15, -0.1) is 0 Å². The van der Waals surface area contributed by atoms with E-state index in [1.807, 2.05) is 6.20 Å². The zero-order valence-electron chi connectivity index (χ0n) is 9.94. The Morgan fingerprint density at radius 1 is 1.50 bits per heavy atom. The number of nitrogens with zero attached hydrogens (tertiary/aromatic N) is 2. The summed E-state index contributed by atoms with van der Waals surface area (Å²) < 4.78 is 0. The summed E-state index contributed by atoms with van der Waals surface area (Å²) in [5.74, 6) is 6.94. The summed E-state index contributed by atoms with van der Waals surface area (Å²) in [7, 11) is 0. The van der Waals surface area contributed by atoms with Gasteiger partial charge in [-0.3, -0.25) is 10.3 Å². The number of nitrogens with one attached hydrogen (secondary N) is 1. The summed E-state index contributed by atoms with van der Waals surface area (Å²) in [6.45, 7) is 8.08. The summed E-state index contributed by atoms with van der Waals surface area (Å²) in [5.41, 5.74) is 2.59. The van der Waals surface area contributed by atoms with Gasteiger partial charge in [0.15, 0.2) is 5.13 Å². The Kier molecular flexibility index (Phi) is 3.78. The van der Waals surface area contributed by atoms with Crippen molar-refractivity contribution < 1.29 is 0 Å². The molecular formula is C11H20N4S. The van der Waals surface area contributed by atoms with E-state index in [0.29, 0.717) is 0 Å². The highest BCUT2D eigenvalue weighted by Gasteiger charge is 2.22. The Morgan fingerprint density at radius 2 is 2.19 bits per heavy atom. The van der Waals surface area contributed by atoms with E-state index in [1.165, 1.54) is 24.4 Å². The average Bonchev–Trinajstić information content (AvgIpc) is 2.64. The summed E-state index contributed by atoms with van der Waals surface area (Å²) in [5, 5.41) is 0.799. The van der Waals surface area contributed by atoms with Gasteiger partial charge < -0.3 is 0 Å². The highest BCUT2D eigenvalue weighted by molar-refractivity contribution is 7.15. The van der Waals surface area contributed by atoms with Gasteiger partial charge in [0.2, 0.25) is 0 Å². The maximum atomic E-state index is 5.32. The van der Waals surface area contributed by atoms with Crippen molar-refractivity contribution in [3.63, 3.8) is 0 Å². The number of rotatable bonds is 3. The monoisotopic (exact) mass is 240 g/mol. The van der Waals surface area contributed by atoms with Crippen LogP contribution in [0.5, 0.6) is 0 Å². The Balaban J connectivity index is 1.93. The number of thiazole rings is 1. The molecule has 1 aromatic heterocycles. The molecule has 4 nitrogen and oxygen atoms in total. The molecular weight excluding hydrogens is 220 g/mol. The minimum atomic E-state index is 0.799. The second-order valence-electron chi connectivity index (χ2n) is 4.92. The van der Waals surface area contributed by atoms with Gasteiger partial charge in [0.25, 0.3) is 0 Å². The van der Waals surface area contributed by atoms with E-state index in [1.54, 1.807) is 11.3 Å². The Bertz CT molecular complexity index is 328. The van der Waals surface area contributed by atoms with E-state index in [9.17, 15) is 0 Å². The molecule has 1 aliphatic heterocycles. The van der Waals surface area contributed by atoms with Crippen LogP contribution >= 0.6 is 11.3 Å². The Hall–Kier alpha value is -0.650. The second kappa shape index (κ2) is 5.12. The number of nitrogens with two attached hydrogens (primary N) is 1. The predicted octanol–water partition coefficient (Wildman–Crippen LogP) is 1.91. The number of anilines is 1. The minimum absolute atomic E-state index is 0.799. The standard InChI is InChI=1S/C11H20N4S/c1-8-3-9(2)6-15(5-8)7-10-4-13-11(14-12)16-10/h4,8-9H,3,5-7,12H2,1-2H3,(H,13,14). The van der Waals surface area contributed by atoms with Gasteiger partial charge >= 0.3 is 0 Å².